The number of carbonyl (C=O) groups is 4. The van der Waals surface area contributed by atoms with Gasteiger partial charge in [-0.15, -0.1) is 0 Å². The van der Waals surface area contributed by atoms with Crippen LogP contribution in [0.4, 0.5) is 5.69 Å². The molecule has 3 amide bonds. The number of carbonyl (C=O) groups excluding carboxylic acids is 4. The van der Waals surface area contributed by atoms with Gasteiger partial charge in [0.1, 0.15) is 5.75 Å². The fourth-order valence-corrected chi connectivity index (χ4v) is 2.76. The van der Waals surface area contributed by atoms with Crippen LogP contribution in [0, 0.1) is 6.92 Å². The molecule has 144 valence electrons. The predicted octanol–water partition coefficient (Wildman–Crippen LogP) is 2.02. The predicted molar refractivity (Wildman–Crippen MR) is 99.5 cm³/mol. The number of anilines is 1. The van der Waals surface area contributed by atoms with Crippen molar-refractivity contribution in [3.8, 4) is 5.75 Å². The number of ether oxygens (including phenoxy) is 2. The van der Waals surface area contributed by atoms with Gasteiger partial charge in [-0.3, -0.25) is 19.3 Å². The number of benzene rings is 2. The second kappa shape index (κ2) is 7.51. The molecule has 2 aromatic carbocycles. The summed E-state index contributed by atoms with van der Waals surface area (Å²) >= 11 is 0. The second-order valence-electron chi connectivity index (χ2n) is 6.23. The van der Waals surface area contributed by atoms with Crippen LogP contribution in [0.5, 0.6) is 5.75 Å². The van der Waals surface area contributed by atoms with Crippen molar-refractivity contribution in [3.05, 3.63) is 58.7 Å². The average molecular weight is 382 g/mol. The number of rotatable bonds is 5. The zero-order valence-corrected chi connectivity index (χ0v) is 15.6. The highest BCUT2D eigenvalue weighted by atomic mass is 16.6. The first-order valence-corrected chi connectivity index (χ1v) is 8.40. The molecule has 1 aliphatic heterocycles. The Morgan fingerprint density at radius 1 is 1.04 bits per heavy atom. The second-order valence-corrected chi connectivity index (χ2v) is 6.23. The Balaban J connectivity index is 1.74. The van der Waals surface area contributed by atoms with Crippen LogP contribution in [-0.2, 0) is 9.53 Å². The summed E-state index contributed by atoms with van der Waals surface area (Å²) in [6.45, 7) is 1.57. The molecule has 2 aromatic rings. The lowest BCUT2D eigenvalue weighted by molar-refractivity contribution is -0.142. The molecule has 0 saturated carbocycles. The summed E-state index contributed by atoms with van der Waals surface area (Å²) < 4.78 is 9.82. The number of esters is 1. The van der Waals surface area contributed by atoms with Gasteiger partial charge in [0.25, 0.3) is 17.7 Å². The van der Waals surface area contributed by atoms with Gasteiger partial charge in [0.2, 0.25) is 0 Å². The van der Waals surface area contributed by atoms with E-state index in [0.29, 0.717) is 11.4 Å². The minimum atomic E-state index is -0.495. The SMILES string of the molecule is COC(=O)COc1ccc(NC(=O)c2ccc3c(c2)C(=O)N(C)C3=O)c(C)c1. The largest absolute Gasteiger partial charge is 0.482 e. The van der Waals surface area contributed by atoms with Gasteiger partial charge in [-0.2, -0.15) is 0 Å². The van der Waals surface area contributed by atoms with E-state index in [1.54, 1.807) is 25.1 Å². The van der Waals surface area contributed by atoms with Gasteiger partial charge in [-0.05, 0) is 48.9 Å². The number of methoxy groups -OCH3 is 1. The Labute approximate surface area is 161 Å². The van der Waals surface area contributed by atoms with Crippen molar-refractivity contribution in [2.75, 3.05) is 26.1 Å². The van der Waals surface area contributed by atoms with Crippen LogP contribution < -0.4 is 10.1 Å². The van der Waals surface area contributed by atoms with Crippen LogP contribution in [0.1, 0.15) is 36.6 Å². The molecule has 0 aliphatic carbocycles. The maximum Gasteiger partial charge on any atom is 0.343 e. The summed E-state index contributed by atoms with van der Waals surface area (Å²) in [7, 11) is 2.67. The van der Waals surface area contributed by atoms with Gasteiger partial charge in [0.15, 0.2) is 6.61 Å². The molecule has 0 spiro atoms. The van der Waals surface area contributed by atoms with Crippen LogP contribution >= 0.6 is 0 Å². The number of hydrogen-bond acceptors (Lipinski definition) is 6. The fourth-order valence-electron chi connectivity index (χ4n) is 2.76. The highest BCUT2D eigenvalue weighted by molar-refractivity contribution is 6.22. The maximum absolute atomic E-state index is 12.6. The van der Waals surface area contributed by atoms with E-state index in [-0.39, 0.29) is 29.2 Å². The quantitative estimate of drug-likeness (QED) is 0.627. The number of nitrogens with zero attached hydrogens (tertiary/aromatic N) is 1. The number of fused-ring (bicyclic) bond motifs is 1. The van der Waals surface area contributed by atoms with E-state index in [2.05, 4.69) is 10.1 Å². The van der Waals surface area contributed by atoms with Gasteiger partial charge >= 0.3 is 5.97 Å². The summed E-state index contributed by atoms with van der Waals surface area (Å²) in [6, 6.07) is 9.34. The molecule has 8 nitrogen and oxygen atoms in total. The van der Waals surface area contributed by atoms with E-state index in [1.165, 1.54) is 32.4 Å². The molecule has 1 N–H and O–H groups in total. The molecule has 8 heteroatoms. The normalized spacial score (nSPS) is 12.6. The van der Waals surface area contributed by atoms with Gasteiger partial charge in [0, 0.05) is 18.3 Å². The zero-order valence-electron chi connectivity index (χ0n) is 15.6. The third kappa shape index (κ3) is 3.57. The molecule has 1 aliphatic rings. The molecule has 0 radical (unpaired) electrons. The van der Waals surface area contributed by atoms with Gasteiger partial charge in [-0.1, -0.05) is 0 Å². The minimum absolute atomic E-state index is 0.210. The first kappa shape index (κ1) is 19.1. The van der Waals surface area contributed by atoms with Gasteiger partial charge in [-0.25, -0.2) is 4.79 Å². The van der Waals surface area contributed by atoms with Crippen molar-refractivity contribution in [2.24, 2.45) is 0 Å². The van der Waals surface area contributed by atoms with Gasteiger partial charge < -0.3 is 14.8 Å². The van der Waals surface area contributed by atoms with Crippen molar-refractivity contribution in [2.45, 2.75) is 6.92 Å². The number of hydrogen-bond donors (Lipinski definition) is 1. The van der Waals surface area contributed by atoms with E-state index >= 15 is 0 Å². The molecule has 28 heavy (non-hydrogen) atoms. The van der Waals surface area contributed by atoms with Gasteiger partial charge in [0.05, 0.1) is 18.2 Å². The fraction of sp³-hybridized carbons (Fsp3) is 0.200. The first-order chi connectivity index (χ1) is 13.3. The zero-order chi connectivity index (χ0) is 20.4. The molecule has 0 fully saturated rings. The number of amides is 3. The highest BCUT2D eigenvalue weighted by Crippen LogP contribution is 2.25. The van der Waals surface area contributed by atoms with E-state index in [4.69, 9.17) is 4.74 Å². The lowest BCUT2D eigenvalue weighted by Gasteiger charge is -2.11. The summed E-state index contributed by atoms with van der Waals surface area (Å²) in [5.41, 5.74) is 2.04. The number of aryl methyl sites for hydroxylation is 1. The van der Waals surface area contributed by atoms with Crippen molar-refractivity contribution >= 4 is 29.4 Å². The van der Waals surface area contributed by atoms with Crippen LogP contribution in [0.25, 0.3) is 0 Å². The Hall–Kier alpha value is -3.68. The third-order valence-electron chi connectivity index (χ3n) is 4.38. The lowest BCUT2D eigenvalue weighted by Crippen LogP contribution is -2.24. The van der Waals surface area contributed by atoms with E-state index in [9.17, 15) is 19.2 Å². The molecular formula is C20H18N2O6. The van der Waals surface area contributed by atoms with Crippen LogP contribution in [0.2, 0.25) is 0 Å². The molecule has 0 bridgehead atoms. The topological polar surface area (TPSA) is 102 Å². The van der Waals surface area contributed by atoms with Crippen LogP contribution in [-0.4, -0.2) is 49.4 Å². The van der Waals surface area contributed by atoms with E-state index in [0.717, 1.165) is 10.5 Å². The Bertz CT molecular complexity index is 998. The van der Waals surface area contributed by atoms with Crippen molar-refractivity contribution in [1.82, 2.24) is 4.90 Å². The average Bonchev–Trinajstić information content (AvgIpc) is 2.91. The van der Waals surface area contributed by atoms with Crippen LogP contribution in [0.3, 0.4) is 0 Å². The molecule has 0 unspecified atom stereocenters. The number of imide groups is 1. The first-order valence-electron chi connectivity index (χ1n) is 8.40. The molecular weight excluding hydrogens is 364 g/mol. The van der Waals surface area contributed by atoms with Crippen molar-refractivity contribution < 1.29 is 28.7 Å². The standard InChI is InChI=1S/C20H18N2O6/c1-11-8-13(28-10-17(23)27-3)5-7-16(11)21-18(24)12-4-6-14-15(9-12)20(26)22(2)19(14)25/h4-9H,10H2,1-3H3,(H,21,24). The van der Waals surface area contributed by atoms with Crippen molar-refractivity contribution in [3.63, 3.8) is 0 Å². The smallest absolute Gasteiger partial charge is 0.343 e. The molecule has 0 aromatic heterocycles. The summed E-state index contributed by atoms with van der Waals surface area (Å²) in [4.78, 5) is 48.7. The summed E-state index contributed by atoms with van der Waals surface area (Å²) in [6.07, 6.45) is 0. The number of nitrogens with one attached hydrogen (secondary N) is 1. The van der Waals surface area contributed by atoms with Crippen molar-refractivity contribution in [1.29, 1.82) is 0 Å². The Morgan fingerprint density at radius 3 is 2.43 bits per heavy atom. The summed E-state index contributed by atoms with van der Waals surface area (Å²) in [5.74, 6) is -1.26. The van der Waals surface area contributed by atoms with E-state index in [1.807, 2.05) is 0 Å². The summed E-state index contributed by atoms with van der Waals surface area (Å²) in [5, 5.41) is 2.76. The lowest BCUT2D eigenvalue weighted by atomic mass is 10.0. The third-order valence-corrected chi connectivity index (χ3v) is 4.38. The minimum Gasteiger partial charge on any atom is -0.482 e. The van der Waals surface area contributed by atoms with E-state index < -0.39 is 17.8 Å². The monoisotopic (exact) mass is 382 g/mol. The molecule has 0 atom stereocenters. The Morgan fingerprint density at radius 2 is 1.75 bits per heavy atom. The molecule has 3 rings (SSSR count). The Kier molecular flexibility index (Phi) is 5.12. The highest BCUT2D eigenvalue weighted by Gasteiger charge is 2.33. The van der Waals surface area contributed by atoms with Crippen LogP contribution in [0.15, 0.2) is 36.4 Å². The molecule has 1 heterocycles. The molecule has 0 saturated heterocycles. The maximum atomic E-state index is 12.6.